The van der Waals surface area contributed by atoms with Gasteiger partial charge >= 0.3 is 5.96 Å². The number of nitrogens with zero attached hydrogens (tertiary/aromatic N) is 2. The molecule has 0 fully saturated rings. The van der Waals surface area contributed by atoms with Crippen LogP contribution < -0.4 is 16.6 Å². The maximum Gasteiger partial charge on any atom is 0.362 e. The minimum Gasteiger partial charge on any atom is -0.289 e. The highest BCUT2D eigenvalue weighted by Crippen LogP contribution is 2.13. The van der Waals surface area contributed by atoms with Gasteiger partial charge in [0.2, 0.25) is 0 Å². The SMILES string of the molecule is C/C(=N/[NH+]=C(N)N)c1cccc([N+](=O)[O-])c1. The van der Waals surface area contributed by atoms with E-state index in [1.54, 1.807) is 19.1 Å². The molecule has 0 spiro atoms. The molecule has 0 unspecified atom stereocenters. The second kappa shape index (κ2) is 4.87. The molecule has 1 rings (SSSR count). The summed E-state index contributed by atoms with van der Waals surface area (Å²) in [6, 6.07) is 6.13. The maximum atomic E-state index is 10.5. The van der Waals surface area contributed by atoms with Crippen LogP contribution in [0.1, 0.15) is 12.5 Å². The van der Waals surface area contributed by atoms with Gasteiger partial charge in [-0.1, -0.05) is 12.1 Å². The predicted octanol–water partition coefficient (Wildman–Crippen LogP) is -1.33. The van der Waals surface area contributed by atoms with Crippen molar-refractivity contribution < 1.29 is 10.0 Å². The van der Waals surface area contributed by atoms with E-state index in [0.29, 0.717) is 11.3 Å². The number of benzene rings is 1. The fraction of sp³-hybridized carbons (Fsp3) is 0.111. The van der Waals surface area contributed by atoms with Crippen LogP contribution in [-0.2, 0) is 0 Å². The fourth-order valence-electron chi connectivity index (χ4n) is 1.06. The summed E-state index contributed by atoms with van der Waals surface area (Å²) in [4.78, 5) is 10.1. The molecule has 0 bridgehead atoms. The predicted molar refractivity (Wildman–Crippen MR) is 59.7 cm³/mol. The van der Waals surface area contributed by atoms with Crippen molar-refractivity contribution in [3.63, 3.8) is 0 Å². The van der Waals surface area contributed by atoms with Crippen LogP contribution >= 0.6 is 0 Å². The summed E-state index contributed by atoms with van der Waals surface area (Å²) in [5, 5.41) is 16.8. The van der Waals surface area contributed by atoms with E-state index in [1.165, 1.54) is 12.1 Å². The lowest BCUT2D eigenvalue weighted by Crippen LogP contribution is -2.72. The van der Waals surface area contributed by atoms with Crippen LogP contribution in [0.4, 0.5) is 5.69 Å². The van der Waals surface area contributed by atoms with E-state index >= 15 is 0 Å². The molecule has 0 atom stereocenters. The lowest BCUT2D eigenvalue weighted by Gasteiger charge is -1.97. The van der Waals surface area contributed by atoms with E-state index < -0.39 is 4.92 Å². The lowest BCUT2D eigenvalue weighted by molar-refractivity contribution is -0.464. The average Bonchev–Trinajstić information content (AvgIpc) is 2.26. The van der Waals surface area contributed by atoms with E-state index in [0.717, 1.165) is 0 Å². The lowest BCUT2D eigenvalue weighted by atomic mass is 10.1. The molecule has 0 aliphatic carbocycles. The van der Waals surface area contributed by atoms with Gasteiger partial charge < -0.3 is 0 Å². The highest BCUT2D eigenvalue weighted by molar-refractivity contribution is 5.98. The highest BCUT2D eigenvalue weighted by atomic mass is 16.6. The number of hydrogen-bond acceptors (Lipinski definition) is 3. The number of nitrogens with one attached hydrogen (secondary N) is 1. The van der Waals surface area contributed by atoms with Crippen LogP contribution in [0, 0.1) is 10.1 Å². The summed E-state index contributed by atoms with van der Waals surface area (Å²) in [6.45, 7) is 1.69. The molecule has 1 aromatic rings. The second-order valence-corrected chi connectivity index (χ2v) is 3.07. The molecule has 0 radical (unpaired) electrons. The molecule has 7 nitrogen and oxygen atoms in total. The van der Waals surface area contributed by atoms with Crippen molar-refractivity contribution in [3.8, 4) is 0 Å². The van der Waals surface area contributed by atoms with Crippen molar-refractivity contribution in [2.24, 2.45) is 16.6 Å². The monoisotopic (exact) mass is 222 g/mol. The number of guanidine groups is 1. The standard InChI is InChI=1S/C9H11N5O2/c1-6(12-13-9(10)11)7-3-2-4-8(5-7)14(15)16/h2-5H,1H3,(H4,10,11,13)/p+1/b12-6-. The van der Waals surface area contributed by atoms with Gasteiger partial charge in [-0.2, -0.15) is 5.10 Å². The van der Waals surface area contributed by atoms with Crippen molar-refractivity contribution in [2.75, 3.05) is 0 Å². The van der Waals surface area contributed by atoms with Crippen LogP contribution in [0.5, 0.6) is 0 Å². The summed E-state index contributed by atoms with van der Waals surface area (Å²) >= 11 is 0. The minimum atomic E-state index is -0.465. The van der Waals surface area contributed by atoms with Gasteiger partial charge in [-0.15, -0.1) is 5.10 Å². The van der Waals surface area contributed by atoms with Crippen LogP contribution in [0.15, 0.2) is 29.4 Å². The Kier molecular flexibility index (Phi) is 3.54. The highest BCUT2D eigenvalue weighted by Gasteiger charge is 2.07. The molecule has 7 heteroatoms. The molecule has 0 saturated heterocycles. The van der Waals surface area contributed by atoms with Crippen LogP contribution in [0.2, 0.25) is 0 Å². The van der Waals surface area contributed by atoms with Crippen LogP contribution in [0.3, 0.4) is 0 Å². The Morgan fingerprint density at radius 2 is 2.19 bits per heavy atom. The Morgan fingerprint density at radius 3 is 2.75 bits per heavy atom. The molecule has 1 aromatic carbocycles. The third-order valence-corrected chi connectivity index (χ3v) is 1.83. The fourth-order valence-corrected chi connectivity index (χ4v) is 1.06. The first-order chi connectivity index (χ1) is 7.50. The van der Waals surface area contributed by atoms with E-state index in [2.05, 4.69) is 10.2 Å². The first kappa shape index (κ1) is 11.6. The zero-order valence-corrected chi connectivity index (χ0v) is 8.68. The van der Waals surface area contributed by atoms with Crippen molar-refractivity contribution in [2.45, 2.75) is 6.92 Å². The van der Waals surface area contributed by atoms with Gasteiger partial charge in [-0.3, -0.25) is 21.6 Å². The first-order valence-electron chi connectivity index (χ1n) is 4.43. The van der Waals surface area contributed by atoms with Crippen molar-refractivity contribution in [1.82, 2.24) is 0 Å². The smallest absolute Gasteiger partial charge is 0.289 e. The molecular formula is C9H12N5O2+. The molecule has 16 heavy (non-hydrogen) atoms. The summed E-state index contributed by atoms with van der Waals surface area (Å²) in [7, 11) is 0. The van der Waals surface area contributed by atoms with E-state index in [1.807, 2.05) is 0 Å². The largest absolute Gasteiger partial charge is 0.362 e. The summed E-state index contributed by atoms with van der Waals surface area (Å²) in [6.07, 6.45) is 0. The van der Waals surface area contributed by atoms with Gasteiger partial charge in [0.05, 0.1) is 10.6 Å². The zero-order valence-electron chi connectivity index (χ0n) is 8.68. The second-order valence-electron chi connectivity index (χ2n) is 3.07. The normalized spacial score (nSPS) is 10.9. The van der Waals surface area contributed by atoms with E-state index in [4.69, 9.17) is 11.5 Å². The third-order valence-electron chi connectivity index (χ3n) is 1.83. The number of nitrogens with two attached hydrogens (primary N) is 2. The minimum absolute atomic E-state index is 0.0109. The van der Waals surface area contributed by atoms with Crippen molar-refractivity contribution in [1.29, 1.82) is 0 Å². The summed E-state index contributed by atoms with van der Waals surface area (Å²) in [5.74, 6) is -0.0372. The molecule has 0 aromatic heterocycles. The maximum absolute atomic E-state index is 10.5. The number of hydrogen-bond donors (Lipinski definition) is 3. The van der Waals surface area contributed by atoms with Crippen LogP contribution in [-0.4, -0.2) is 16.6 Å². The quantitative estimate of drug-likeness (QED) is 0.254. The van der Waals surface area contributed by atoms with Gasteiger partial charge in [-0.05, 0) is 6.92 Å². The number of nitro groups is 1. The molecular weight excluding hydrogens is 210 g/mol. The average molecular weight is 222 g/mol. The van der Waals surface area contributed by atoms with Gasteiger partial charge in [0, 0.05) is 17.7 Å². The molecule has 0 amide bonds. The number of non-ortho nitro benzene ring substituents is 1. The van der Waals surface area contributed by atoms with Crippen molar-refractivity contribution >= 4 is 17.4 Å². The number of hydrazone groups is 1. The molecule has 0 aliphatic rings. The third kappa shape index (κ3) is 3.05. The Bertz CT molecular complexity index is 463. The first-order valence-corrected chi connectivity index (χ1v) is 4.43. The molecule has 0 saturated carbocycles. The number of rotatable bonds is 3. The van der Waals surface area contributed by atoms with Crippen LogP contribution in [0.25, 0.3) is 0 Å². The molecule has 84 valence electrons. The number of nitro benzene ring substituents is 1. The van der Waals surface area contributed by atoms with Gasteiger partial charge in [0.1, 0.15) is 0 Å². The molecule has 0 aliphatic heterocycles. The zero-order chi connectivity index (χ0) is 12.1. The summed E-state index contributed by atoms with van der Waals surface area (Å²) in [5.41, 5.74) is 11.5. The topological polar surface area (TPSA) is 122 Å². The van der Waals surface area contributed by atoms with Gasteiger partial charge in [0.15, 0.2) is 0 Å². The van der Waals surface area contributed by atoms with Crippen molar-refractivity contribution in [3.05, 3.63) is 39.9 Å². The molecule has 0 heterocycles. The van der Waals surface area contributed by atoms with Gasteiger partial charge in [-0.25, -0.2) is 0 Å². The molecule has 5 N–H and O–H groups in total. The van der Waals surface area contributed by atoms with Gasteiger partial charge in [0.25, 0.3) is 5.69 Å². The Labute approximate surface area is 91.6 Å². The summed E-state index contributed by atoms with van der Waals surface area (Å²) < 4.78 is 0. The van der Waals surface area contributed by atoms with E-state index in [-0.39, 0.29) is 11.6 Å². The Morgan fingerprint density at radius 1 is 1.50 bits per heavy atom. The Hall–Kier alpha value is -2.44. The van der Waals surface area contributed by atoms with E-state index in [9.17, 15) is 10.1 Å². The Balaban J connectivity index is 3.05.